The minimum atomic E-state index is -0.927. The molecular formula is C51H74N8O12. The molecule has 0 saturated carbocycles. The predicted octanol–water partition coefficient (Wildman–Crippen LogP) is 4.19. The maximum atomic E-state index is 13.5. The fourth-order valence-electron chi connectivity index (χ4n) is 7.23. The van der Waals surface area contributed by atoms with Gasteiger partial charge in [0.15, 0.2) is 0 Å². The second-order valence-electron chi connectivity index (χ2n) is 18.3. The summed E-state index contributed by atoms with van der Waals surface area (Å²) in [4.78, 5) is 101. The Bertz CT molecular complexity index is 2290. The van der Waals surface area contributed by atoms with E-state index in [1.165, 1.54) is 33.3 Å². The average molecular weight is 991 g/mol. The SMILES string of the molecule is COC(=O)[C@@H](NC(=O)[C@H](CC(C)C)NC(=O)[C@@H](NC(=O)CCCOc1ccc2ccc(OCCCC(=O)NCCCC[C@@H](N)C(=O)NNC(=O)c3cc(NC(C)=O)ccc3OC)cc2c1)C(C)C)C(C)C. The molecule has 20 nitrogen and oxygen atoms in total. The number of carbonyl (C=O) groups is 8. The van der Waals surface area contributed by atoms with E-state index >= 15 is 0 Å². The van der Waals surface area contributed by atoms with Gasteiger partial charge in [0.1, 0.15) is 35.4 Å². The number of amides is 7. The van der Waals surface area contributed by atoms with E-state index in [2.05, 4.69) is 37.4 Å². The molecule has 71 heavy (non-hydrogen) atoms. The molecule has 0 spiro atoms. The molecule has 9 N–H and O–H groups in total. The van der Waals surface area contributed by atoms with E-state index in [0.717, 1.165) is 10.8 Å². The van der Waals surface area contributed by atoms with Gasteiger partial charge < -0.3 is 51.3 Å². The van der Waals surface area contributed by atoms with Crippen LogP contribution in [0.3, 0.4) is 0 Å². The Hall–Kier alpha value is -6.96. The number of esters is 1. The normalized spacial score (nSPS) is 12.7. The smallest absolute Gasteiger partial charge is 0.328 e. The highest BCUT2D eigenvalue weighted by Gasteiger charge is 2.32. The second kappa shape index (κ2) is 29.9. The van der Waals surface area contributed by atoms with Crippen LogP contribution in [0.2, 0.25) is 0 Å². The summed E-state index contributed by atoms with van der Waals surface area (Å²) < 4.78 is 22.0. The van der Waals surface area contributed by atoms with Crippen molar-refractivity contribution in [1.82, 2.24) is 32.1 Å². The first-order chi connectivity index (χ1) is 33.7. The van der Waals surface area contributed by atoms with Crippen LogP contribution in [0.1, 0.15) is 110 Å². The van der Waals surface area contributed by atoms with Crippen LogP contribution in [-0.4, -0.2) is 105 Å². The van der Waals surface area contributed by atoms with Gasteiger partial charge in [0.2, 0.25) is 29.5 Å². The molecule has 0 saturated heterocycles. The van der Waals surface area contributed by atoms with Gasteiger partial charge in [0.25, 0.3) is 11.8 Å². The minimum absolute atomic E-state index is 0.0488. The van der Waals surface area contributed by atoms with Gasteiger partial charge in [-0.05, 0) is 110 Å². The van der Waals surface area contributed by atoms with Crippen LogP contribution in [-0.2, 0) is 38.3 Å². The summed E-state index contributed by atoms with van der Waals surface area (Å²) in [6, 6.07) is 12.2. The number of ether oxygens (including phenoxy) is 4. The lowest BCUT2D eigenvalue weighted by Crippen LogP contribution is -2.57. The Morgan fingerprint density at radius 2 is 1.25 bits per heavy atom. The van der Waals surface area contributed by atoms with E-state index < -0.39 is 53.8 Å². The van der Waals surface area contributed by atoms with Crippen molar-refractivity contribution in [3.8, 4) is 17.2 Å². The number of hydrogen-bond acceptors (Lipinski definition) is 13. The molecule has 0 aliphatic heterocycles. The molecule has 0 unspecified atom stereocenters. The Morgan fingerprint density at radius 3 is 1.82 bits per heavy atom. The van der Waals surface area contributed by atoms with Crippen molar-refractivity contribution >= 4 is 63.8 Å². The summed E-state index contributed by atoms with van der Waals surface area (Å²) in [5, 5.41) is 15.6. The van der Waals surface area contributed by atoms with Gasteiger partial charge in [-0.2, -0.15) is 0 Å². The zero-order chi connectivity index (χ0) is 52.6. The van der Waals surface area contributed by atoms with Gasteiger partial charge in [-0.3, -0.25) is 44.4 Å². The lowest BCUT2D eigenvalue weighted by Gasteiger charge is -2.28. The van der Waals surface area contributed by atoms with Gasteiger partial charge >= 0.3 is 5.97 Å². The largest absolute Gasteiger partial charge is 0.496 e. The van der Waals surface area contributed by atoms with E-state index in [1.807, 2.05) is 50.2 Å². The highest BCUT2D eigenvalue weighted by atomic mass is 16.5. The maximum Gasteiger partial charge on any atom is 0.328 e. The summed E-state index contributed by atoms with van der Waals surface area (Å²) in [5.74, 6) is -2.60. The van der Waals surface area contributed by atoms with Crippen LogP contribution < -0.4 is 57.4 Å². The second-order valence-corrected chi connectivity index (χ2v) is 18.3. The number of methoxy groups -OCH3 is 2. The molecule has 0 aliphatic carbocycles. The predicted molar refractivity (Wildman–Crippen MR) is 268 cm³/mol. The first kappa shape index (κ1) is 58.4. The first-order valence-electron chi connectivity index (χ1n) is 24.1. The Kier molecular flexibility index (Phi) is 24.6. The monoisotopic (exact) mass is 991 g/mol. The van der Waals surface area contributed by atoms with Gasteiger partial charge in [-0.15, -0.1) is 0 Å². The molecule has 3 rings (SSSR count). The molecule has 0 aliphatic rings. The average Bonchev–Trinajstić information content (AvgIpc) is 3.32. The minimum Gasteiger partial charge on any atom is -0.496 e. The van der Waals surface area contributed by atoms with Crippen molar-refractivity contribution in [3.63, 3.8) is 0 Å². The van der Waals surface area contributed by atoms with E-state index in [1.54, 1.807) is 33.8 Å². The molecule has 20 heteroatoms. The number of hydrazine groups is 1. The standard InChI is InChI=1S/C51H74N8O12/c1-30(2)26-41(49(65)57-46(32(5)6)51(67)69-9)55-50(66)45(31(3)4)56-44(62)16-13-25-71-38-21-18-34-17-20-37(27-35(34)28-38)70-24-12-15-43(61)53-23-11-10-14-40(52)48(64)59-58-47(63)39-29-36(54-33(7)60)19-22-42(39)68-8/h17-22,27-32,40-41,45-46H,10-16,23-26,52H2,1-9H3,(H,53,61)(H,54,60)(H,55,66)(H,56,62)(H,57,65)(H,58,63)(H,59,64)/t40-,41+,45+,46+/m1/s1. The molecule has 0 heterocycles. The van der Waals surface area contributed by atoms with Crippen LogP contribution >= 0.6 is 0 Å². The zero-order valence-corrected chi connectivity index (χ0v) is 42.5. The maximum absolute atomic E-state index is 13.5. The molecule has 390 valence electrons. The number of unbranched alkanes of at least 4 members (excludes halogenated alkanes) is 1. The fourth-order valence-corrected chi connectivity index (χ4v) is 7.23. The van der Waals surface area contributed by atoms with Crippen LogP contribution in [0.5, 0.6) is 17.2 Å². The van der Waals surface area contributed by atoms with E-state index in [-0.39, 0.29) is 66.2 Å². The van der Waals surface area contributed by atoms with Gasteiger partial charge in [-0.1, -0.05) is 53.7 Å². The summed E-state index contributed by atoms with van der Waals surface area (Å²) in [7, 11) is 2.64. The summed E-state index contributed by atoms with van der Waals surface area (Å²) >= 11 is 0. The number of nitrogens with two attached hydrogens (primary N) is 1. The van der Waals surface area contributed by atoms with Crippen LogP contribution in [0.4, 0.5) is 5.69 Å². The number of anilines is 1. The number of carbonyl (C=O) groups excluding carboxylic acids is 8. The Labute approximate surface area is 416 Å². The summed E-state index contributed by atoms with van der Waals surface area (Å²) in [6.07, 6.45) is 3.00. The molecule has 0 bridgehead atoms. The molecule has 4 atom stereocenters. The van der Waals surface area contributed by atoms with Crippen molar-refractivity contribution in [1.29, 1.82) is 0 Å². The number of rotatable bonds is 29. The van der Waals surface area contributed by atoms with Gasteiger partial charge in [-0.25, -0.2) is 4.79 Å². The Balaban J connectivity index is 1.36. The van der Waals surface area contributed by atoms with Crippen molar-refractivity contribution < 1.29 is 57.3 Å². The molecule has 3 aromatic carbocycles. The molecule has 7 amide bonds. The fraction of sp³-hybridized carbons (Fsp3) is 0.529. The summed E-state index contributed by atoms with van der Waals surface area (Å²) in [5.41, 5.74) is 11.1. The molecule has 0 aromatic heterocycles. The number of hydrogen-bond donors (Lipinski definition) is 8. The third kappa shape index (κ3) is 20.5. The third-order valence-corrected chi connectivity index (χ3v) is 11.1. The Morgan fingerprint density at radius 1 is 0.634 bits per heavy atom. The molecule has 0 radical (unpaired) electrons. The lowest BCUT2D eigenvalue weighted by atomic mass is 9.98. The number of benzene rings is 3. The topological polar surface area (TPSA) is 284 Å². The highest BCUT2D eigenvalue weighted by molar-refractivity contribution is 6.00. The first-order valence-corrected chi connectivity index (χ1v) is 24.1. The molecular weight excluding hydrogens is 917 g/mol. The van der Waals surface area contributed by atoms with Crippen molar-refractivity contribution in [2.45, 2.75) is 124 Å². The quantitative estimate of drug-likeness (QED) is 0.0276. The van der Waals surface area contributed by atoms with Crippen molar-refractivity contribution in [2.75, 3.05) is 39.3 Å². The van der Waals surface area contributed by atoms with Gasteiger partial charge in [0, 0.05) is 32.0 Å². The van der Waals surface area contributed by atoms with E-state index in [0.29, 0.717) is 68.9 Å². The number of fused-ring (bicyclic) bond motifs is 1. The third-order valence-electron chi connectivity index (χ3n) is 11.1. The molecule has 0 fully saturated rings. The van der Waals surface area contributed by atoms with Crippen LogP contribution in [0.15, 0.2) is 54.6 Å². The van der Waals surface area contributed by atoms with Crippen LogP contribution in [0.25, 0.3) is 10.8 Å². The van der Waals surface area contributed by atoms with Crippen LogP contribution in [0, 0.1) is 17.8 Å². The van der Waals surface area contributed by atoms with Gasteiger partial charge in [0.05, 0.1) is 39.0 Å². The highest BCUT2D eigenvalue weighted by Crippen LogP contribution is 2.26. The number of nitrogens with one attached hydrogen (secondary N) is 7. The lowest BCUT2D eigenvalue weighted by molar-refractivity contribution is -0.146. The van der Waals surface area contributed by atoms with Crippen molar-refractivity contribution in [3.05, 3.63) is 60.2 Å². The molecule has 3 aromatic rings. The van der Waals surface area contributed by atoms with E-state index in [4.69, 9.17) is 24.7 Å². The zero-order valence-electron chi connectivity index (χ0n) is 42.5. The summed E-state index contributed by atoms with van der Waals surface area (Å²) in [6.45, 7) is 13.3. The van der Waals surface area contributed by atoms with Crippen molar-refractivity contribution in [2.24, 2.45) is 23.5 Å². The van der Waals surface area contributed by atoms with E-state index in [9.17, 15) is 38.4 Å².